The maximum absolute atomic E-state index is 11.6. The summed E-state index contributed by atoms with van der Waals surface area (Å²) in [4.78, 5) is 22.1. The molecule has 0 aromatic carbocycles. The number of rotatable bonds is 5. The van der Waals surface area contributed by atoms with Crippen molar-refractivity contribution in [3.63, 3.8) is 0 Å². The van der Waals surface area contributed by atoms with Crippen molar-refractivity contribution in [3.8, 4) is 0 Å². The number of thioether (sulfide) groups is 1. The molecule has 1 aromatic heterocycles. The number of carboxylic acids is 1. The number of hydrogen-bond acceptors (Lipinski definition) is 4. The lowest BCUT2D eigenvalue weighted by atomic mass is 9.94. The van der Waals surface area contributed by atoms with Crippen LogP contribution in [0.5, 0.6) is 0 Å². The van der Waals surface area contributed by atoms with Crippen LogP contribution in [-0.2, 0) is 11.3 Å². The molecule has 0 fully saturated rings. The largest absolute Gasteiger partial charge is 0.481 e. The second-order valence-electron chi connectivity index (χ2n) is 4.25. The SMILES string of the molecule is O=C(O)CSc1n[nH]c(=O)n1CC1CC=CCC1. The van der Waals surface area contributed by atoms with Crippen LogP contribution in [0.2, 0.25) is 0 Å². The Kier molecular flexibility index (Phi) is 4.24. The Morgan fingerprint density at radius 1 is 1.61 bits per heavy atom. The predicted molar refractivity (Wildman–Crippen MR) is 67.7 cm³/mol. The van der Waals surface area contributed by atoms with E-state index in [1.54, 1.807) is 0 Å². The molecule has 0 bridgehead atoms. The fraction of sp³-hybridized carbons (Fsp3) is 0.545. The summed E-state index contributed by atoms with van der Waals surface area (Å²) in [7, 11) is 0. The number of aromatic nitrogens is 3. The number of nitrogens with one attached hydrogen (secondary N) is 1. The number of hydrogen-bond donors (Lipinski definition) is 2. The molecule has 2 rings (SSSR count). The molecule has 0 amide bonds. The molecule has 98 valence electrons. The van der Waals surface area contributed by atoms with Gasteiger partial charge in [-0.2, -0.15) is 0 Å². The lowest BCUT2D eigenvalue weighted by Gasteiger charge is -2.18. The van der Waals surface area contributed by atoms with E-state index in [2.05, 4.69) is 22.3 Å². The second kappa shape index (κ2) is 5.90. The van der Waals surface area contributed by atoms with Gasteiger partial charge >= 0.3 is 11.7 Å². The van der Waals surface area contributed by atoms with Crippen molar-refractivity contribution in [1.82, 2.24) is 14.8 Å². The molecule has 1 heterocycles. The van der Waals surface area contributed by atoms with Crippen LogP contribution in [0.25, 0.3) is 0 Å². The molecule has 0 aliphatic heterocycles. The Hall–Kier alpha value is -1.50. The molecule has 1 unspecified atom stereocenters. The number of carboxylic acid groups (broad SMARTS) is 1. The average molecular weight is 269 g/mol. The second-order valence-corrected chi connectivity index (χ2v) is 5.20. The molecule has 6 nitrogen and oxygen atoms in total. The first kappa shape index (κ1) is 12.9. The zero-order valence-electron chi connectivity index (χ0n) is 9.83. The number of aromatic amines is 1. The smallest absolute Gasteiger partial charge is 0.343 e. The van der Waals surface area contributed by atoms with Gasteiger partial charge in [-0.1, -0.05) is 23.9 Å². The van der Waals surface area contributed by atoms with E-state index in [0.29, 0.717) is 17.6 Å². The Labute approximate surface area is 108 Å². The van der Waals surface area contributed by atoms with Gasteiger partial charge in [0, 0.05) is 6.54 Å². The van der Waals surface area contributed by atoms with E-state index in [1.807, 2.05) is 0 Å². The fourth-order valence-corrected chi connectivity index (χ4v) is 2.66. The van der Waals surface area contributed by atoms with Crippen LogP contribution in [-0.4, -0.2) is 31.6 Å². The number of allylic oxidation sites excluding steroid dienone is 2. The maximum Gasteiger partial charge on any atom is 0.343 e. The minimum Gasteiger partial charge on any atom is -0.481 e. The van der Waals surface area contributed by atoms with Crippen molar-refractivity contribution in [2.45, 2.75) is 31.0 Å². The molecule has 1 aliphatic rings. The number of carbonyl (C=O) groups is 1. The van der Waals surface area contributed by atoms with Gasteiger partial charge in [0.05, 0.1) is 5.75 Å². The molecule has 0 saturated heterocycles. The van der Waals surface area contributed by atoms with E-state index in [4.69, 9.17) is 5.11 Å². The van der Waals surface area contributed by atoms with Gasteiger partial charge in [-0.15, -0.1) is 5.10 Å². The minimum atomic E-state index is -0.914. The van der Waals surface area contributed by atoms with Gasteiger partial charge in [-0.3, -0.25) is 9.36 Å². The van der Waals surface area contributed by atoms with Gasteiger partial charge < -0.3 is 5.11 Å². The van der Waals surface area contributed by atoms with Crippen LogP contribution < -0.4 is 5.69 Å². The number of aliphatic carboxylic acids is 1. The van der Waals surface area contributed by atoms with Gasteiger partial charge in [0.1, 0.15) is 0 Å². The lowest BCUT2D eigenvalue weighted by molar-refractivity contribution is -0.133. The Morgan fingerprint density at radius 2 is 2.44 bits per heavy atom. The molecule has 0 saturated carbocycles. The van der Waals surface area contributed by atoms with Gasteiger partial charge in [-0.25, -0.2) is 9.89 Å². The summed E-state index contributed by atoms with van der Waals surface area (Å²) in [6, 6.07) is 0. The van der Waals surface area contributed by atoms with Crippen LogP contribution in [0.4, 0.5) is 0 Å². The number of H-pyrrole nitrogens is 1. The monoisotopic (exact) mass is 269 g/mol. The Balaban J connectivity index is 2.06. The van der Waals surface area contributed by atoms with Crippen molar-refractivity contribution in [2.75, 3.05) is 5.75 Å². The van der Waals surface area contributed by atoms with E-state index in [0.717, 1.165) is 31.0 Å². The first-order valence-corrected chi connectivity index (χ1v) is 6.80. The van der Waals surface area contributed by atoms with Gasteiger partial charge in [0.2, 0.25) is 0 Å². The van der Waals surface area contributed by atoms with Crippen LogP contribution in [0, 0.1) is 5.92 Å². The summed E-state index contributed by atoms with van der Waals surface area (Å²) in [5, 5.41) is 15.3. The molecule has 2 N–H and O–H groups in total. The highest BCUT2D eigenvalue weighted by atomic mass is 32.2. The van der Waals surface area contributed by atoms with E-state index in [-0.39, 0.29) is 11.4 Å². The molecule has 18 heavy (non-hydrogen) atoms. The third kappa shape index (κ3) is 3.25. The standard InChI is InChI=1S/C11H15N3O3S/c15-9(16)7-18-11-13-12-10(17)14(11)6-8-4-2-1-3-5-8/h1-2,8H,3-7H2,(H,12,17)(H,15,16). The number of nitrogens with zero attached hydrogens (tertiary/aromatic N) is 2. The van der Waals surface area contributed by atoms with E-state index in [9.17, 15) is 9.59 Å². The topological polar surface area (TPSA) is 88.0 Å². The van der Waals surface area contributed by atoms with Crippen LogP contribution in [0.3, 0.4) is 0 Å². The normalized spacial score (nSPS) is 19.0. The highest BCUT2D eigenvalue weighted by molar-refractivity contribution is 7.99. The quantitative estimate of drug-likeness (QED) is 0.617. The van der Waals surface area contributed by atoms with Crippen LogP contribution in [0.15, 0.2) is 22.1 Å². The molecule has 1 atom stereocenters. The summed E-state index contributed by atoms with van der Waals surface area (Å²) in [5.74, 6) is -0.577. The zero-order valence-corrected chi connectivity index (χ0v) is 10.7. The van der Waals surface area contributed by atoms with Crippen LogP contribution in [0.1, 0.15) is 19.3 Å². The lowest BCUT2D eigenvalue weighted by Crippen LogP contribution is -2.23. The molecule has 1 aliphatic carbocycles. The van der Waals surface area contributed by atoms with Crippen molar-refractivity contribution in [1.29, 1.82) is 0 Å². The van der Waals surface area contributed by atoms with Crippen molar-refractivity contribution in [3.05, 3.63) is 22.6 Å². The first-order valence-electron chi connectivity index (χ1n) is 5.81. The van der Waals surface area contributed by atoms with Crippen molar-refractivity contribution < 1.29 is 9.90 Å². The van der Waals surface area contributed by atoms with E-state index in [1.165, 1.54) is 4.57 Å². The summed E-state index contributed by atoms with van der Waals surface area (Å²) < 4.78 is 1.54. The van der Waals surface area contributed by atoms with E-state index < -0.39 is 5.97 Å². The molecular weight excluding hydrogens is 254 g/mol. The molecule has 0 radical (unpaired) electrons. The van der Waals surface area contributed by atoms with Gasteiger partial charge in [0.25, 0.3) is 0 Å². The van der Waals surface area contributed by atoms with Gasteiger partial charge in [-0.05, 0) is 25.2 Å². The highest BCUT2D eigenvalue weighted by Gasteiger charge is 2.16. The average Bonchev–Trinajstić information content (AvgIpc) is 2.70. The summed E-state index contributed by atoms with van der Waals surface area (Å²) in [5.41, 5.74) is -0.266. The maximum atomic E-state index is 11.6. The molecule has 0 spiro atoms. The summed E-state index contributed by atoms with van der Waals surface area (Å²) in [6.45, 7) is 0.599. The van der Waals surface area contributed by atoms with Crippen molar-refractivity contribution in [2.24, 2.45) is 5.92 Å². The minimum absolute atomic E-state index is 0.0884. The predicted octanol–water partition coefficient (Wildman–Crippen LogP) is 1.10. The first-order chi connectivity index (χ1) is 8.66. The Bertz CT molecular complexity index is 506. The van der Waals surface area contributed by atoms with E-state index >= 15 is 0 Å². The third-order valence-electron chi connectivity index (χ3n) is 2.87. The fourth-order valence-electron chi connectivity index (χ4n) is 1.98. The highest BCUT2D eigenvalue weighted by Crippen LogP contribution is 2.21. The zero-order chi connectivity index (χ0) is 13.0. The van der Waals surface area contributed by atoms with Crippen molar-refractivity contribution >= 4 is 17.7 Å². The van der Waals surface area contributed by atoms with Gasteiger partial charge in [0.15, 0.2) is 5.16 Å². The molecule has 1 aromatic rings. The molecule has 7 heteroatoms. The molecular formula is C11H15N3O3S. The Morgan fingerprint density at radius 3 is 3.11 bits per heavy atom. The summed E-state index contributed by atoms with van der Waals surface area (Å²) in [6.07, 6.45) is 7.32. The van der Waals surface area contributed by atoms with Crippen LogP contribution >= 0.6 is 11.8 Å². The summed E-state index contributed by atoms with van der Waals surface area (Å²) >= 11 is 1.07. The third-order valence-corrected chi connectivity index (χ3v) is 3.83.